The van der Waals surface area contributed by atoms with E-state index in [9.17, 15) is 14.7 Å². The van der Waals surface area contributed by atoms with Crippen molar-refractivity contribution in [1.29, 1.82) is 0 Å². The number of carbonyl (C=O) groups is 2. The van der Waals surface area contributed by atoms with Crippen LogP contribution in [-0.2, 0) is 9.59 Å². The first-order valence-corrected chi connectivity index (χ1v) is 7.95. The van der Waals surface area contributed by atoms with E-state index < -0.39 is 17.8 Å². The second-order valence-corrected chi connectivity index (χ2v) is 7.01. The number of nitrogens with one attached hydrogen (secondary N) is 1. The van der Waals surface area contributed by atoms with Crippen LogP contribution in [0, 0.1) is 17.8 Å². The van der Waals surface area contributed by atoms with Crippen LogP contribution in [0.3, 0.4) is 0 Å². The molecule has 2 N–H and O–H groups in total. The Morgan fingerprint density at radius 2 is 1.90 bits per heavy atom. The van der Waals surface area contributed by atoms with Crippen molar-refractivity contribution >= 4 is 49.4 Å². The van der Waals surface area contributed by atoms with Crippen LogP contribution >= 0.6 is 31.9 Å². The third-order valence-corrected chi connectivity index (χ3v) is 4.82. The fraction of sp³-hybridized carbons (Fsp3) is 0.429. The Bertz CT molecular complexity index is 547. The highest BCUT2D eigenvalue weighted by atomic mass is 79.9. The fourth-order valence-electron chi connectivity index (χ4n) is 2.67. The standard InChI is InChI=1S/C14H15Br2NO3/c1-7-4-9(10(5-7)14(19)20)13(18)17-12-6-8(15)2-3-11(12)16/h2-3,6-7,9-10H,4-5H2,1H3,(H,17,18)(H,19,20)/t7?,9-,10+/m0/s1. The predicted octanol–water partition coefficient (Wildman–Crippen LogP) is 3.90. The zero-order valence-corrected chi connectivity index (χ0v) is 14.1. The number of carboxylic acid groups (broad SMARTS) is 1. The maximum Gasteiger partial charge on any atom is 0.307 e. The fourth-order valence-corrected chi connectivity index (χ4v) is 3.38. The van der Waals surface area contributed by atoms with Crippen LogP contribution in [0.4, 0.5) is 5.69 Å². The highest BCUT2D eigenvalue weighted by Gasteiger charge is 2.41. The molecular formula is C14H15Br2NO3. The number of halogens is 2. The molecule has 0 saturated heterocycles. The predicted molar refractivity (Wildman–Crippen MR) is 83.5 cm³/mol. The van der Waals surface area contributed by atoms with Gasteiger partial charge in [0.05, 0.1) is 17.5 Å². The van der Waals surface area contributed by atoms with Gasteiger partial charge in [0.25, 0.3) is 0 Å². The lowest BCUT2D eigenvalue weighted by Gasteiger charge is -2.16. The van der Waals surface area contributed by atoms with Crippen molar-refractivity contribution in [3.8, 4) is 0 Å². The van der Waals surface area contributed by atoms with Gasteiger partial charge in [0.2, 0.25) is 5.91 Å². The van der Waals surface area contributed by atoms with Gasteiger partial charge < -0.3 is 10.4 Å². The van der Waals surface area contributed by atoms with Gasteiger partial charge in [-0.15, -0.1) is 0 Å². The van der Waals surface area contributed by atoms with Crippen molar-refractivity contribution in [2.75, 3.05) is 5.32 Å². The first kappa shape index (κ1) is 15.5. The highest BCUT2D eigenvalue weighted by molar-refractivity contribution is 9.11. The van der Waals surface area contributed by atoms with Crippen LogP contribution < -0.4 is 5.32 Å². The van der Waals surface area contributed by atoms with Crippen molar-refractivity contribution in [1.82, 2.24) is 0 Å². The molecular weight excluding hydrogens is 390 g/mol. The summed E-state index contributed by atoms with van der Waals surface area (Å²) in [6.07, 6.45) is 1.18. The number of hydrogen-bond donors (Lipinski definition) is 2. The van der Waals surface area contributed by atoms with E-state index in [1.165, 1.54) is 0 Å². The van der Waals surface area contributed by atoms with Crippen LogP contribution in [0.25, 0.3) is 0 Å². The zero-order chi connectivity index (χ0) is 14.9. The van der Waals surface area contributed by atoms with Crippen LogP contribution in [0.15, 0.2) is 27.1 Å². The number of benzene rings is 1. The molecule has 1 unspecified atom stereocenters. The monoisotopic (exact) mass is 403 g/mol. The lowest BCUT2D eigenvalue weighted by molar-refractivity contribution is -0.145. The Balaban J connectivity index is 2.15. The van der Waals surface area contributed by atoms with E-state index in [2.05, 4.69) is 37.2 Å². The average molecular weight is 405 g/mol. The van der Waals surface area contributed by atoms with Gasteiger partial charge in [0.1, 0.15) is 0 Å². The van der Waals surface area contributed by atoms with Crippen LogP contribution in [0.5, 0.6) is 0 Å². The number of rotatable bonds is 3. The summed E-state index contributed by atoms with van der Waals surface area (Å²) in [7, 11) is 0. The summed E-state index contributed by atoms with van der Waals surface area (Å²) in [6.45, 7) is 1.98. The number of carbonyl (C=O) groups excluding carboxylic acids is 1. The van der Waals surface area contributed by atoms with Crippen molar-refractivity contribution in [3.05, 3.63) is 27.1 Å². The van der Waals surface area contributed by atoms with Gasteiger partial charge in [0.15, 0.2) is 0 Å². The molecule has 1 aromatic carbocycles. The number of carboxylic acids is 1. The summed E-state index contributed by atoms with van der Waals surface area (Å²) in [6, 6.07) is 5.47. The van der Waals surface area contributed by atoms with Crippen LogP contribution in [0.2, 0.25) is 0 Å². The highest BCUT2D eigenvalue weighted by Crippen LogP contribution is 2.37. The molecule has 2 rings (SSSR count). The van der Waals surface area contributed by atoms with E-state index in [-0.39, 0.29) is 11.8 Å². The minimum absolute atomic E-state index is 0.222. The molecule has 6 heteroatoms. The van der Waals surface area contributed by atoms with Gasteiger partial charge in [-0.2, -0.15) is 0 Å². The van der Waals surface area contributed by atoms with E-state index in [0.29, 0.717) is 18.5 Å². The van der Waals surface area contributed by atoms with Gasteiger partial charge in [-0.1, -0.05) is 22.9 Å². The van der Waals surface area contributed by atoms with Crippen molar-refractivity contribution < 1.29 is 14.7 Å². The Kier molecular flexibility index (Phi) is 4.86. The molecule has 0 bridgehead atoms. The largest absolute Gasteiger partial charge is 0.481 e. The normalized spacial score (nSPS) is 25.4. The number of hydrogen-bond acceptors (Lipinski definition) is 2. The van der Waals surface area contributed by atoms with E-state index in [1.54, 1.807) is 6.07 Å². The van der Waals surface area contributed by atoms with Crippen molar-refractivity contribution in [3.63, 3.8) is 0 Å². The Labute approximate surface area is 134 Å². The summed E-state index contributed by atoms with van der Waals surface area (Å²) in [5.74, 6) is -1.90. The molecule has 0 heterocycles. The molecule has 1 fully saturated rings. The molecule has 1 amide bonds. The summed E-state index contributed by atoms with van der Waals surface area (Å²) in [5, 5.41) is 12.0. The summed E-state index contributed by atoms with van der Waals surface area (Å²) in [4.78, 5) is 23.6. The summed E-state index contributed by atoms with van der Waals surface area (Å²) in [5.41, 5.74) is 0.646. The van der Waals surface area contributed by atoms with Crippen LogP contribution in [-0.4, -0.2) is 17.0 Å². The lowest BCUT2D eigenvalue weighted by atomic mass is 9.95. The van der Waals surface area contributed by atoms with E-state index in [4.69, 9.17) is 0 Å². The first-order valence-electron chi connectivity index (χ1n) is 6.37. The molecule has 108 valence electrons. The summed E-state index contributed by atoms with van der Waals surface area (Å²) >= 11 is 6.72. The molecule has 1 aliphatic rings. The quantitative estimate of drug-likeness (QED) is 0.802. The minimum atomic E-state index is -0.886. The van der Waals surface area contributed by atoms with Gasteiger partial charge in [0, 0.05) is 8.95 Å². The molecule has 4 nitrogen and oxygen atoms in total. The Morgan fingerprint density at radius 3 is 2.55 bits per heavy atom. The SMILES string of the molecule is CC1C[C@H](C(=O)Nc2cc(Br)ccc2Br)[C@H](C(=O)O)C1. The van der Waals surface area contributed by atoms with Crippen molar-refractivity contribution in [2.24, 2.45) is 17.8 Å². The van der Waals surface area contributed by atoms with Gasteiger partial charge in [-0.05, 0) is 52.9 Å². The van der Waals surface area contributed by atoms with Crippen molar-refractivity contribution in [2.45, 2.75) is 19.8 Å². The second-order valence-electron chi connectivity index (χ2n) is 5.24. The zero-order valence-electron chi connectivity index (χ0n) is 10.9. The molecule has 0 aromatic heterocycles. The Morgan fingerprint density at radius 1 is 1.25 bits per heavy atom. The molecule has 1 aliphatic carbocycles. The van der Waals surface area contributed by atoms with E-state index in [1.807, 2.05) is 19.1 Å². The van der Waals surface area contributed by atoms with E-state index in [0.717, 1.165) is 8.95 Å². The maximum absolute atomic E-state index is 12.3. The molecule has 0 aliphatic heterocycles. The second kappa shape index (κ2) is 6.26. The lowest BCUT2D eigenvalue weighted by Crippen LogP contribution is -2.30. The molecule has 1 aromatic rings. The smallest absolute Gasteiger partial charge is 0.307 e. The Hall–Kier alpha value is -0.880. The number of amides is 1. The summed E-state index contributed by atoms with van der Waals surface area (Å²) < 4.78 is 1.62. The first-order chi connectivity index (χ1) is 9.38. The minimum Gasteiger partial charge on any atom is -0.481 e. The van der Waals surface area contributed by atoms with Gasteiger partial charge in [-0.3, -0.25) is 9.59 Å². The maximum atomic E-state index is 12.3. The third-order valence-electron chi connectivity index (χ3n) is 3.64. The molecule has 0 spiro atoms. The number of aliphatic carboxylic acids is 1. The molecule has 20 heavy (non-hydrogen) atoms. The van der Waals surface area contributed by atoms with Gasteiger partial charge >= 0.3 is 5.97 Å². The topological polar surface area (TPSA) is 66.4 Å². The van der Waals surface area contributed by atoms with Gasteiger partial charge in [-0.25, -0.2) is 0 Å². The average Bonchev–Trinajstić information content (AvgIpc) is 2.76. The molecule has 3 atom stereocenters. The van der Waals surface area contributed by atoms with Crippen LogP contribution in [0.1, 0.15) is 19.8 Å². The molecule has 1 saturated carbocycles. The third kappa shape index (κ3) is 3.41. The van der Waals surface area contributed by atoms with E-state index >= 15 is 0 Å². The molecule has 0 radical (unpaired) electrons. The number of anilines is 1.